The van der Waals surface area contributed by atoms with Gasteiger partial charge in [0.25, 0.3) is 0 Å². The van der Waals surface area contributed by atoms with Gasteiger partial charge in [0.15, 0.2) is 9.84 Å². The number of aromatic nitrogens is 2. The number of fused-ring (bicyclic) bond motifs is 1. The maximum atomic E-state index is 13.5. The average Bonchev–Trinajstić information content (AvgIpc) is 3.13. The van der Waals surface area contributed by atoms with Crippen molar-refractivity contribution in [3.8, 4) is 16.9 Å². The number of hydrogen-bond acceptors (Lipinski definition) is 4. The Morgan fingerprint density at radius 3 is 2.50 bits per heavy atom. The number of halogens is 4. The zero-order valence-electron chi connectivity index (χ0n) is 16.6. The fourth-order valence-corrected chi connectivity index (χ4v) is 4.20. The molecule has 4 rings (SSSR count). The Hall–Kier alpha value is -3.40. The van der Waals surface area contributed by atoms with Crippen LogP contribution in [0.2, 0.25) is 0 Å². The smallest absolute Gasteiger partial charge is 0.416 e. The van der Waals surface area contributed by atoms with Gasteiger partial charge in [0.2, 0.25) is 0 Å². The summed E-state index contributed by atoms with van der Waals surface area (Å²) in [6.45, 7) is -0.218. The lowest BCUT2D eigenvalue weighted by Crippen LogP contribution is -2.06. The molecular formula is C22H16F4N2O3S. The van der Waals surface area contributed by atoms with Crippen molar-refractivity contribution in [3.63, 3.8) is 0 Å². The summed E-state index contributed by atoms with van der Waals surface area (Å²) in [7, 11) is -3.44. The van der Waals surface area contributed by atoms with Gasteiger partial charge in [0, 0.05) is 17.9 Å². The van der Waals surface area contributed by atoms with E-state index in [1.165, 1.54) is 6.07 Å². The quantitative estimate of drug-likeness (QED) is 0.403. The Kier molecular flexibility index (Phi) is 5.41. The number of imidazole rings is 1. The first kappa shape index (κ1) is 21.8. The Morgan fingerprint density at radius 1 is 1.03 bits per heavy atom. The summed E-state index contributed by atoms with van der Waals surface area (Å²) in [5.41, 5.74) is 1.17. The fraction of sp³-hybridized carbons (Fsp3) is 0.136. The molecule has 0 aliphatic carbocycles. The molecule has 0 bridgehead atoms. The van der Waals surface area contributed by atoms with Crippen LogP contribution in [0.4, 0.5) is 17.6 Å². The molecule has 0 radical (unpaired) electrons. The second-order valence-electron chi connectivity index (χ2n) is 7.15. The number of hydrogen-bond donors (Lipinski definition) is 1. The lowest BCUT2D eigenvalue weighted by molar-refractivity contribution is -0.137. The lowest BCUT2D eigenvalue weighted by Gasteiger charge is -2.10. The van der Waals surface area contributed by atoms with E-state index in [9.17, 15) is 26.0 Å². The van der Waals surface area contributed by atoms with Crippen molar-refractivity contribution < 1.29 is 30.7 Å². The number of benzene rings is 3. The van der Waals surface area contributed by atoms with Crippen LogP contribution in [0.15, 0.2) is 65.6 Å². The minimum atomic E-state index is -4.70. The zero-order chi connectivity index (χ0) is 23.1. The van der Waals surface area contributed by atoms with E-state index in [2.05, 4.69) is 9.97 Å². The fourth-order valence-electron chi connectivity index (χ4n) is 3.29. The van der Waals surface area contributed by atoms with Gasteiger partial charge in [-0.2, -0.15) is 13.2 Å². The van der Waals surface area contributed by atoms with Crippen LogP contribution >= 0.6 is 0 Å². The summed E-state index contributed by atoms with van der Waals surface area (Å²) in [4.78, 5) is 7.49. The maximum absolute atomic E-state index is 13.5. The number of alkyl halides is 3. The number of ether oxygens (including phenoxy) is 1. The first-order valence-electron chi connectivity index (χ1n) is 9.29. The van der Waals surface area contributed by atoms with E-state index in [-0.39, 0.29) is 17.3 Å². The molecule has 0 fully saturated rings. The van der Waals surface area contributed by atoms with Crippen LogP contribution in [0.3, 0.4) is 0 Å². The number of nitrogens with one attached hydrogen (secondary N) is 1. The molecule has 0 aliphatic heterocycles. The van der Waals surface area contributed by atoms with Crippen LogP contribution in [-0.4, -0.2) is 24.6 Å². The second-order valence-corrected chi connectivity index (χ2v) is 9.13. The molecule has 4 aromatic rings. The average molecular weight is 464 g/mol. The third-order valence-corrected chi connectivity index (χ3v) is 5.86. The molecule has 32 heavy (non-hydrogen) atoms. The predicted molar refractivity (Wildman–Crippen MR) is 110 cm³/mol. The van der Waals surface area contributed by atoms with Crippen molar-refractivity contribution in [3.05, 3.63) is 77.9 Å². The van der Waals surface area contributed by atoms with Crippen LogP contribution in [0.5, 0.6) is 5.75 Å². The summed E-state index contributed by atoms with van der Waals surface area (Å²) in [6, 6.07) is 13.7. The molecule has 1 heterocycles. The maximum Gasteiger partial charge on any atom is 0.416 e. The molecule has 0 saturated carbocycles. The summed E-state index contributed by atoms with van der Waals surface area (Å²) in [6.07, 6.45) is -3.56. The number of nitrogens with zero attached hydrogens (tertiary/aromatic N) is 1. The van der Waals surface area contributed by atoms with E-state index in [0.717, 1.165) is 12.3 Å². The molecule has 3 aromatic carbocycles. The normalized spacial score (nSPS) is 12.3. The summed E-state index contributed by atoms with van der Waals surface area (Å²) in [5.74, 6) is -1.03. The molecule has 0 saturated heterocycles. The Bertz CT molecular complexity index is 1410. The van der Waals surface area contributed by atoms with Gasteiger partial charge in [-0.1, -0.05) is 24.3 Å². The predicted octanol–water partition coefficient (Wildman–Crippen LogP) is 5.37. The van der Waals surface area contributed by atoms with Crippen LogP contribution in [0.25, 0.3) is 22.2 Å². The van der Waals surface area contributed by atoms with Crippen molar-refractivity contribution in [1.82, 2.24) is 9.97 Å². The summed E-state index contributed by atoms with van der Waals surface area (Å²) >= 11 is 0. The summed E-state index contributed by atoms with van der Waals surface area (Å²) in [5, 5.41) is 0. The molecule has 0 amide bonds. The van der Waals surface area contributed by atoms with Crippen molar-refractivity contribution in [2.75, 3.05) is 6.26 Å². The van der Waals surface area contributed by atoms with E-state index in [1.54, 1.807) is 36.4 Å². The first-order chi connectivity index (χ1) is 15.0. The van der Waals surface area contributed by atoms with Crippen LogP contribution in [0, 0.1) is 5.82 Å². The number of sulfone groups is 1. The number of rotatable bonds is 5. The zero-order valence-corrected chi connectivity index (χ0v) is 17.4. The summed E-state index contributed by atoms with van der Waals surface area (Å²) < 4.78 is 81.6. The molecule has 1 N–H and O–H groups in total. The van der Waals surface area contributed by atoms with Crippen molar-refractivity contribution in [1.29, 1.82) is 0 Å². The Morgan fingerprint density at radius 2 is 1.78 bits per heavy atom. The van der Waals surface area contributed by atoms with E-state index >= 15 is 0 Å². The molecule has 166 valence electrons. The van der Waals surface area contributed by atoms with Gasteiger partial charge < -0.3 is 9.72 Å². The van der Waals surface area contributed by atoms with Crippen LogP contribution in [-0.2, 0) is 22.6 Å². The van der Waals surface area contributed by atoms with Gasteiger partial charge in [0.05, 0.1) is 21.5 Å². The highest BCUT2D eigenvalue weighted by atomic mass is 32.2. The van der Waals surface area contributed by atoms with Gasteiger partial charge in [0.1, 0.15) is 24.0 Å². The van der Waals surface area contributed by atoms with Crippen molar-refractivity contribution in [2.24, 2.45) is 0 Å². The highest BCUT2D eigenvalue weighted by molar-refractivity contribution is 7.90. The minimum absolute atomic E-state index is 0.189. The topological polar surface area (TPSA) is 72.1 Å². The van der Waals surface area contributed by atoms with Gasteiger partial charge in [-0.05, 0) is 35.9 Å². The number of H-pyrrole nitrogens is 1. The highest BCUT2D eigenvalue weighted by Gasteiger charge is 2.31. The minimum Gasteiger partial charge on any atom is -0.486 e. The molecule has 1 aromatic heterocycles. The molecule has 0 spiro atoms. The first-order valence-corrected chi connectivity index (χ1v) is 11.2. The molecule has 5 nitrogen and oxygen atoms in total. The molecular weight excluding hydrogens is 448 g/mol. The van der Waals surface area contributed by atoms with E-state index in [0.29, 0.717) is 40.1 Å². The molecule has 0 unspecified atom stereocenters. The van der Waals surface area contributed by atoms with E-state index in [4.69, 9.17) is 4.74 Å². The molecule has 0 aliphatic rings. The van der Waals surface area contributed by atoms with Crippen molar-refractivity contribution >= 4 is 20.9 Å². The highest BCUT2D eigenvalue weighted by Crippen LogP contribution is 2.33. The van der Waals surface area contributed by atoms with Crippen molar-refractivity contribution in [2.45, 2.75) is 17.7 Å². The third-order valence-electron chi connectivity index (χ3n) is 4.70. The standard InChI is InChI=1S/C22H16F4N2O3S/c1-32(29,30)20-5-3-2-4-17(20)13-6-7-18-19(8-13)28-21(27-18)12-31-16-10-14(22(24,25)26)9-15(23)11-16/h2-11H,12H2,1H3,(H,27,28). The Labute approximate surface area is 180 Å². The third kappa shape index (κ3) is 4.59. The van der Waals surface area contributed by atoms with Gasteiger partial charge in [-0.15, -0.1) is 0 Å². The van der Waals surface area contributed by atoms with Crippen LogP contribution < -0.4 is 4.74 Å². The monoisotopic (exact) mass is 464 g/mol. The Balaban J connectivity index is 1.61. The van der Waals surface area contributed by atoms with E-state index in [1.807, 2.05) is 0 Å². The molecule has 10 heteroatoms. The van der Waals surface area contributed by atoms with Crippen LogP contribution in [0.1, 0.15) is 11.4 Å². The lowest BCUT2D eigenvalue weighted by atomic mass is 10.1. The van der Waals surface area contributed by atoms with E-state index < -0.39 is 27.4 Å². The molecule has 0 atom stereocenters. The second kappa shape index (κ2) is 7.94. The van der Waals surface area contributed by atoms with Gasteiger partial charge >= 0.3 is 6.18 Å². The van der Waals surface area contributed by atoms with Gasteiger partial charge in [-0.3, -0.25) is 0 Å². The number of aromatic amines is 1. The SMILES string of the molecule is CS(=O)(=O)c1ccccc1-c1ccc2nc(COc3cc(F)cc(C(F)(F)F)c3)[nH]c2c1. The largest absolute Gasteiger partial charge is 0.486 e. The van der Waals surface area contributed by atoms with Gasteiger partial charge in [-0.25, -0.2) is 17.8 Å².